The molecule has 1 aromatic carbocycles. The van der Waals surface area contributed by atoms with Crippen LogP contribution in [0.1, 0.15) is 24.2 Å². The van der Waals surface area contributed by atoms with Gasteiger partial charge in [0.1, 0.15) is 0 Å². The number of carboxylic acids is 1. The molecule has 1 aliphatic heterocycles. The maximum absolute atomic E-state index is 11.3. The number of halogens is 1. The van der Waals surface area contributed by atoms with Gasteiger partial charge in [0, 0.05) is 30.1 Å². The number of carbonyl (C=O) groups is 1. The lowest BCUT2D eigenvalue weighted by Gasteiger charge is -2.41. The van der Waals surface area contributed by atoms with Gasteiger partial charge in [-0.05, 0) is 31.7 Å². The van der Waals surface area contributed by atoms with E-state index in [1.54, 1.807) is 12.1 Å². The highest BCUT2D eigenvalue weighted by molar-refractivity contribution is 9.10. The molecule has 2 rings (SSSR count). The summed E-state index contributed by atoms with van der Waals surface area (Å²) < 4.78 is 0.915. The van der Waals surface area contributed by atoms with Gasteiger partial charge in [-0.2, -0.15) is 0 Å². The third-order valence-corrected chi connectivity index (χ3v) is 4.20. The Bertz CT molecular complexity index is 479. The highest BCUT2D eigenvalue weighted by Gasteiger charge is 2.25. The van der Waals surface area contributed by atoms with Crippen LogP contribution in [0.4, 0.5) is 5.69 Å². The average molecular weight is 327 g/mol. The lowest BCUT2D eigenvalue weighted by molar-refractivity contribution is 0.0697. The molecule has 0 aromatic heterocycles. The number of hydrogen-bond acceptors (Lipinski definition) is 3. The fraction of sp³-hybridized carbons (Fsp3) is 0.500. The van der Waals surface area contributed by atoms with Crippen molar-refractivity contribution in [3.05, 3.63) is 28.2 Å². The summed E-state index contributed by atoms with van der Waals surface area (Å²) in [6.07, 6.45) is 0. The van der Waals surface area contributed by atoms with Gasteiger partial charge < -0.3 is 10.0 Å². The van der Waals surface area contributed by atoms with Gasteiger partial charge in [-0.3, -0.25) is 4.90 Å². The predicted octanol–water partition coefficient (Wildman–Crippen LogP) is 2.68. The zero-order valence-corrected chi connectivity index (χ0v) is 12.9. The number of anilines is 1. The van der Waals surface area contributed by atoms with Gasteiger partial charge in [-0.15, -0.1) is 0 Å². The summed E-state index contributed by atoms with van der Waals surface area (Å²) in [4.78, 5) is 15.9. The van der Waals surface area contributed by atoms with Crippen LogP contribution in [-0.4, -0.2) is 48.2 Å². The molecule has 1 aliphatic rings. The van der Waals surface area contributed by atoms with Crippen LogP contribution in [0.3, 0.4) is 0 Å². The van der Waals surface area contributed by atoms with Crippen molar-refractivity contribution in [3.8, 4) is 0 Å². The SMILES string of the molecule is CCN1CCN(c2cc(Br)ccc2C(=O)O)CC1C. The normalized spacial score (nSPS) is 20.6. The van der Waals surface area contributed by atoms with Crippen LogP contribution < -0.4 is 4.90 Å². The zero-order valence-electron chi connectivity index (χ0n) is 11.3. The Morgan fingerprint density at radius 1 is 1.47 bits per heavy atom. The molecule has 4 nitrogen and oxygen atoms in total. The second-order valence-corrected chi connectivity index (χ2v) is 5.81. The van der Waals surface area contributed by atoms with E-state index in [0.717, 1.165) is 36.3 Å². The van der Waals surface area contributed by atoms with Gasteiger partial charge in [-0.25, -0.2) is 4.79 Å². The molecule has 0 radical (unpaired) electrons. The Balaban J connectivity index is 2.27. The monoisotopic (exact) mass is 326 g/mol. The number of nitrogens with zero attached hydrogens (tertiary/aromatic N) is 2. The van der Waals surface area contributed by atoms with Gasteiger partial charge in [-0.1, -0.05) is 22.9 Å². The second kappa shape index (κ2) is 5.92. The van der Waals surface area contributed by atoms with E-state index in [2.05, 4.69) is 39.6 Å². The van der Waals surface area contributed by atoms with Gasteiger partial charge in [0.05, 0.1) is 11.3 Å². The number of hydrogen-bond donors (Lipinski definition) is 1. The minimum absolute atomic E-state index is 0.375. The molecule has 0 bridgehead atoms. The van der Waals surface area contributed by atoms with Gasteiger partial charge in [0.2, 0.25) is 0 Å². The summed E-state index contributed by atoms with van der Waals surface area (Å²) in [7, 11) is 0. The Labute approximate surface area is 122 Å². The molecule has 1 saturated heterocycles. The Morgan fingerprint density at radius 2 is 2.21 bits per heavy atom. The highest BCUT2D eigenvalue weighted by Crippen LogP contribution is 2.27. The molecule has 0 aliphatic carbocycles. The second-order valence-electron chi connectivity index (χ2n) is 4.89. The van der Waals surface area contributed by atoms with Crippen LogP contribution in [0.15, 0.2) is 22.7 Å². The molecule has 1 atom stereocenters. The molecule has 0 spiro atoms. The van der Waals surface area contributed by atoms with Crippen molar-refractivity contribution in [1.82, 2.24) is 4.90 Å². The van der Waals surface area contributed by atoms with E-state index in [9.17, 15) is 9.90 Å². The molecular weight excluding hydrogens is 308 g/mol. The van der Waals surface area contributed by atoms with E-state index in [0.29, 0.717) is 11.6 Å². The molecule has 104 valence electrons. The maximum atomic E-state index is 11.3. The Hall–Kier alpha value is -1.07. The van der Waals surface area contributed by atoms with Crippen molar-refractivity contribution in [2.45, 2.75) is 19.9 Å². The van der Waals surface area contributed by atoms with Crippen molar-refractivity contribution < 1.29 is 9.90 Å². The largest absolute Gasteiger partial charge is 0.478 e. The number of carboxylic acid groups (broad SMARTS) is 1. The van der Waals surface area contributed by atoms with Crippen molar-refractivity contribution in [3.63, 3.8) is 0 Å². The van der Waals surface area contributed by atoms with E-state index in [1.807, 2.05) is 6.07 Å². The lowest BCUT2D eigenvalue weighted by atomic mass is 10.1. The molecule has 5 heteroatoms. The molecule has 1 heterocycles. The smallest absolute Gasteiger partial charge is 0.337 e. The van der Waals surface area contributed by atoms with E-state index in [-0.39, 0.29) is 0 Å². The summed E-state index contributed by atoms with van der Waals surface area (Å²) in [6.45, 7) is 8.10. The summed E-state index contributed by atoms with van der Waals surface area (Å²) in [6, 6.07) is 5.79. The molecule has 1 aromatic rings. The van der Waals surface area contributed by atoms with E-state index in [4.69, 9.17) is 0 Å². The van der Waals surface area contributed by atoms with E-state index < -0.39 is 5.97 Å². The molecule has 1 fully saturated rings. The fourth-order valence-electron chi connectivity index (χ4n) is 2.63. The number of rotatable bonds is 3. The summed E-state index contributed by atoms with van der Waals surface area (Å²) in [5.74, 6) is -0.868. The zero-order chi connectivity index (χ0) is 14.0. The lowest BCUT2D eigenvalue weighted by Crippen LogP contribution is -2.52. The van der Waals surface area contributed by atoms with Crippen LogP contribution in [0.25, 0.3) is 0 Å². The quantitative estimate of drug-likeness (QED) is 0.927. The van der Waals surface area contributed by atoms with Crippen molar-refractivity contribution in [2.24, 2.45) is 0 Å². The van der Waals surface area contributed by atoms with Crippen LogP contribution in [0.5, 0.6) is 0 Å². The first kappa shape index (κ1) is 14.3. The minimum Gasteiger partial charge on any atom is -0.478 e. The first-order valence-corrected chi connectivity index (χ1v) is 7.34. The highest BCUT2D eigenvalue weighted by atomic mass is 79.9. The first-order valence-electron chi connectivity index (χ1n) is 6.54. The van der Waals surface area contributed by atoms with Crippen molar-refractivity contribution >= 4 is 27.6 Å². The predicted molar refractivity (Wildman–Crippen MR) is 80.0 cm³/mol. The van der Waals surface area contributed by atoms with Crippen LogP contribution in [-0.2, 0) is 0 Å². The van der Waals surface area contributed by atoms with Gasteiger partial charge in [0.15, 0.2) is 0 Å². The number of benzene rings is 1. The molecule has 0 amide bonds. The van der Waals surface area contributed by atoms with Crippen molar-refractivity contribution in [1.29, 1.82) is 0 Å². The number of aromatic carboxylic acids is 1. The topological polar surface area (TPSA) is 43.8 Å². The third kappa shape index (κ3) is 3.09. The maximum Gasteiger partial charge on any atom is 0.337 e. The number of piperazine rings is 1. The fourth-order valence-corrected chi connectivity index (χ4v) is 2.98. The minimum atomic E-state index is -0.868. The summed E-state index contributed by atoms with van der Waals surface area (Å²) in [5.41, 5.74) is 1.19. The van der Waals surface area contributed by atoms with Gasteiger partial charge in [0.25, 0.3) is 0 Å². The summed E-state index contributed by atoms with van der Waals surface area (Å²) in [5, 5.41) is 9.30. The van der Waals surface area contributed by atoms with Crippen LogP contribution >= 0.6 is 15.9 Å². The molecule has 1 unspecified atom stereocenters. The molecule has 19 heavy (non-hydrogen) atoms. The van der Waals surface area contributed by atoms with E-state index >= 15 is 0 Å². The molecular formula is C14H19BrN2O2. The molecule has 1 N–H and O–H groups in total. The standard InChI is InChI=1S/C14H19BrN2O2/c1-3-16-6-7-17(9-10(16)2)13-8-11(15)4-5-12(13)14(18)19/h4-5,8,10H,3,6-7,9H2,1-2H3,(H,18,19). The average Bonchev–Trinajstić information content (AvgIpc) is 2.38. The Kier molecular flexibility index (Phi) is 4.47. The molecule has 0 saturated carbocycles. The Morgan fingerprint density at radius 3 is 2.79 bits per heavy atom. The third-order valence-electron chi connectivity index (χ3n) is 3.70. The van der Waals surface area contributed by atoms with Crippen LogP contribution in [0.2, 0.25) is 0 Å². The first-order chi connectivity index (χ1) is 9.02. The van der Waals surface area contributed by atoms with Gasteiger partial charge >= 0.3 is 5.97 Å². The number of likely N-dealkylation sites (N-methyl/N-ethyl adjacent to an activating group) is 1. The van der Waals surface area contributed by atoms with Crippen molar-refractivity contribution in [2.75, 3.05) is 31.1 Å². The van der Waals surface area contributed by atoms with E-state index in [1.165, 1.54) is 0 Å². The summed E-state index contributed by atoms with van der Waals surface area (Å²) >= 11 is 3.42. The van der Waals surface area contributed by atoms with Crippen LogP contribution in [0, 0.1) is 0 Å².